The molecule has 0 fully saturated rings. The maximum absolute atomic E-state index is 11.0. The number of carbonyl (C=O) groups is 5. The number of cyclic esters (lactones) is 2. The molecule has 2 aromatic rings. The van der Waals surface area contributed by atoms with Gasteiger partial charge in [-0.1, -0.05) is 10.3 Å². The van der Waals surface area contributed by atoms with Crippen LogP contribution in [0.5, 0.6) is 0 Å². The summed E-state index contributed by atoms with van der Waals surface area (Å²) in [6.45, 7) is 1.08. The van der Waals surface area contributed by atoms with E-state index in [1.54, 1.807) is 0 Å². The summed E-state index contributed by atoms with van der Waals surface area (Å²) in [6.07, 6.45) is 2.05. The average Bonchev–Trinajstić information content (AvgIpc) is 3.39. The number of nitrogens with two attached hydrogens (primary N) is 1. The predicted molar refractivity (Wildman–Crippen MR) is 95.5 cm³/mol. The summed E-state index contributed by atoms with van der Waals surface area (Å²) >= 11 is 0. The van der Waals surface area contributed by atoms with Crippen LogP contribution in [0.25, 0.3) is 0 Å². The minimum absolute atomic E-state index is 0. The van der Waals surface area contributed by atoms with Crippen molar-refractivity contribution >= 4 is 35.6 Å². The molecule has 0 saturated heterocycles. The number of carbonyl (C=O) groups excluding carboxylic acids is 3. The Morgan fingerprint density at radius 3 is 1.81 bits per heavy atom. The number of carboxylic acid groups (broad SMARTS) is 2. The van der Waals surface area contributed by atoms with Crippen LogP contribution in [-0.2, 0) is 35.1 Å². The van der Waals surface area contributed by atoms with Gasteiger partial charge in [0.25, 0.3) is 11.9 Å². The van der Waals surface area contributed by atoms with Crippen LogP contribution in [0, 0.1) is 0 Å². The second-order valence-electron chi connectivity index (χ2n) is 4.80. The van der Waals surface area contributed by atoms with Crippen molar-refractivity contribution in [2.24, 2.45) is 0 Å². The number of Topliss-reactive ketones (excluding diaryl/α,β-unsaturated/α-hetero) is 1. The van der Waals surface area contributed by atoms with E-state index in [9.17, 15) is 19.2 Å². The van der Waals surface area contributed by atoms with Crippen molar-refractivity contribution in [1.29, 1.82) is 0 Å². The third-order valence-corrected chi connectivity index (χ3v) is 2.28. The standard InChI is InChI=1S/C6H8N4O3.C4H2O3.C2H4O2.CH3N5.H2O/c11-4(1-2-6(12)13)3-5-7-9-10-8-5;5-3-1-2-4(6)7-3;1-2(3)4;2-1-3-5-6-4-1;/h1-3H2,(H,12,13)(H,7,8,9,10);1-2H;1H3,(H,3,4);(H3,2,3,4,5,6);1H2. The molecule has 0 bridgehead atoms. The highest BCUT2D eigenvalue weighted by Crippen LogP contribution is 1.96. The van der Waals surface area contributed by atoms with Crippen molar-refractivity contribution < 1.29 is 44.4 Å². The van der Waals surface area contributed by atoms with Crippen LogP contribution in [0.2, 0.25) is 0 Å². The van der Waals surface area contributed by atoms with E-state index in [0.29, 0.717) is 0 Å². The highest BCUT2D eigenvalue weighted by Gasteiger charge is 2.10. The Morgan fingerprint density at radius 1 is 1.00 bits per heavy atom. The Labute approximate surface area is 172 Å². The third-order valence-electron chi connectivity index (χ3n) is 2.28. The number of ether oxygens (including phenoxy) is 1. The Balaban J connectivity index is 0. The first-order chi connectivity index (χ1) is 14.1. The van der Waals surface area contributed by atoms with E-state index < -0.39 is 23.9 Å². The van der Waals surface area contributed by atoms with Crippen molar-refractivity contribution in [3.05, 3.63) is 18.0 Å². The number of H-pyrrole nitrogens is 2. The van der Waals surface area contributed by atoms with Crippen LogP contribution in [-0.4, -0.2) is 86.6 Å². The zero-order chi connectivity index (χ0) is 22.9. The molecular weight excluding hydrogens is 426 g/mol. The molecule has 0 spiro atoms. The molecule has 0 radical (unpaired) electrons. The number of nitrogens with zero attached hydrogens (tertiary/aromatic N) is 6. The van der Waals surface area contributed by atoms with Crippen LogP contribution in [0.3, 0.4) is 0 Å². The van der Waals surface area contributed by atoms with E-state index in [-0.39, 0.29) is 42.3 Å². The minimum atomic E-state index is -0.985. The van der Waals surface area contributed by atoms with Crippen molar-refractivity contribution in [1.82, 2.24) is 41.2 Å². The Hall–Kier alpha value is -4.61. The molecule has 0 unspecified atom stereocenters. The zero-order valence-electron chi connectivity index (χ0n) is 15.9. The van der Waals surface area contributed by atoms with Gasteiger partial charge in [0.15, 0.2) is 5.82 Å². The lowest BCUT2D eigenvalue weighted by molar-refractivity contribution is -0.150. The van der Waals surface area contributed by atoms with Crippen molar-refractivity contribution in [2.75, 3.05) is 5.73 Å². The van der Waals surface area contributed by atoms with Crippen LogP contribution < -0.4 is 5.73 Å². The monoisotopic (exact) mass is 445 g/mol. The molecule has 0 atom stereocenters. The largest absolute Gasteiger partial charge is 0.481 e. The van der Waals surface area contributed by atoms with E-state index >= 15 is 0 Å². The van der Waals surface area contributed by atoms with Gasteiger partial charge in [-0.3, -0.25) is 14.4 Å². The highest BCUT2D eigenvalue weighted by molar-refractivity contribution is 6.04. The summed E-state index contributed by atoms with van der Waals surface area (Å²) < 4.78 is 3.97. The lowest BCUT2D eigenvalue weighted by atomic mass is 10.1. The minimum Gasteiger partial charge on any atom is -0.481 e. The summed E-state index contributed by atoms with van der Waals surface area (Å²) in [6, 6.07) is 0. The molecule has 1 aliphatic heterocycles. The number of aromatic amines is 2. The van der Waals surface area contributed by atoms with Crippen molar-refractivity contribution in [2.45, 2.75) is 26.2 Å². The zero-order valence-corrected chi connectivity index (χ0v) is 15.9. The van der Waals surface area contributed by atoms with Gasteiger partial charge in [0.05, 0.1) is 12.8 Å². The number of nitrogens with one attached hydrogen (secondary N) is 2. The first kappa shape index (κ1) is 28.6. The van der Waals surface area contributed by atoms with Crippen molar-refractivity contribution in [3.8, 4) is 0 Å². The molecule has 0 aromatic carbocycles. The highest BCUT2D eigenvalue weighted by atomic mass is 16.6. The molecule has 1 aliphatic rings. The smallest absolute Gasteiger partial charge is 0.338 e. The van der Waals surface area contributed by atoms with Gasteiger partial charge in [-0.2, -0.15) is 10.4 Å². The lowest BCUT2D eigenvalue weighted by Gasteiger charge is -1.92. The number of aromatic nitrogens is 8. The summed E-state index contributed by atoms with van der Waals surface area (Å²) in [5.74, 6) is -2.72. The third kappa shape index (κ3) is 18.5. The number of anilines is 1. The molecule has 18 heteroatoms. The van der Waals surface area contributed by atoms with Gasteiger partial charge in [-0.25, -0.2) is 9.59 Å². The molecule has 31 heavy (non-hydrogen) atoms. The molecule has 18 nitrogen and oxygen atoms in total. The quantitative estimate of drug-likeness (QED) is 0.224. The molecule has 2 aromatic heterocycles. The molecule has 3 heterocycles. The molecule has 0 aliphatic carbocycles. The van der Waals surface area contributed by atoms with E-state index in [1.165, 1.54) is 0 Å². The number of hydrogen-bond donors (Lipinski definition) is 5. The molecule has 170 valence electrons. The topological polar surface area (TPSA) is 301 Å². The average molecular weight is 445 g/mol. The van der Waals surface area contributed by atoms with Gasteiger partial charge in [0, 0.05) is 25.5 Å². The van der Waals surface area contributed by atoms with E-state index in [1.807, 2.05) is 0 Å². The molecule has 0 amide bonds. The van der Waals surface area contributed by atoms with Gasteiger partial charge in [-0.15, -0.1) is 15.3 Å². The van der Waals surface area contributed by atoms with Gasteiger partial charge in [0.2, 0.25) is 0 Å². The van der Waals surface area contributed by atoms with Crippen LogP contribution in [0.4, 0.5) is 5.95 Å². The number of rotatable bonds is 5. The van der Waals surface area contributed by atoms with Crippen LogP contribution in [0.15, 0.2) is 12.2 Å². The molecule has 8 N–H and O–H groups in total. The first-order valence-electron chi connectivity index (χ1n) is 7.68. The van der Waals surface area contributed by atoms with Gasteiger partial charge < -0.3 is 26.2 Å². The summed E-state index contributed by atoms with van der Waals surface area (Å²) in [5, 5.41) is 40.3. The number of hydrogen-bond acceptors (Lipinski definition) is 13. The van der Waals surface area contributed by atoms with Crippen molar-refractivity contribution in [3.63, 3.8) is 0 Å². The van der Waals surface area contributed by atoms with Crippen LogP contribution in [0.1, 0.15) is 25.6 Å². The van der Waals surface area contributed by atoms with E-state index in [4.69, 9.17) is 20.7 Å². The number of aliphatic carboxylic acids is 2. The molecular formula is C13H19N9O9. The summed E-state index contributed by atoms with van der Waals surface area (Å²) in [5.41, 5.74) is 4.96. The lowest BCUT2D eigenvalue weighted by Crippen LogP contribution is -2.07. The first-order valence-corrected chi connectivity index (χ1v) is 7.68. The second-order valence-corrected chi connectivity index (χ2v) is 4.80. The van der Waals surface area contributed by atoms with Gasteiger partial charge >= 0.3 is 17.9 Å². The number of tetrazole rings is 2. The summed E-state index contributed by atoms with van der Waals surface area (Å²) in [4.78, 5) is 50.0. The summed E-state index contributed by atoms with van der Waals surface area (Å²) in [7, 11) is 0. The SMILES string of the molecule is CC(=O)O.Nc1nn[nH]n1.O.O=C(O)CCC(=O)Cc1nn[nH]n1.O=C1C=CC(=O)O1. The van der Waals surface area contributed by atoms with E-state index in [2.05, 4.69) is 46.0 Å². The number of ketones is 1. The maximum Gasteiger partial charge on any atom is 0.338 e. The number of esters is 2. The van der Waals surface area contributed by atoms with Gasteiger partial charge in [-0.05, 0) is 5.21 Å². The van der Waals surface area contributed by atoms with Gasteiger partial charge in [0.1, 0.15) is 5.78 Å². The van der Waals surface area contributed by atoms with E-state index in [0.717, 1.165) is 19.1 Å². The Bertz CT molecular complexity index is 830. The molecule has 0 saturated carbocycles. The fraction of sp³-hybridized carbons (Fsp3) is 0.308. The second kappa shape index (κ2) is 16.4. The fourth-order valence-electron chi connectivity index (χ4n) is 1.24. The normalized spacial score (nSPS) is 10.6. The Kier molecular flexibility index (Phi) is 15.1. The maximum atomic E-state index is 11.0. The van der Waals surface area contributed by atoms with Crippen LogP contribution >= 0.6 is 0 Å². The molecule has 3 rings (SSSR count). The number of carboxylic acids is 2. The number of nitrogen functional groups attached to an aromatic ring is 1. The predicted octanol–water partition coefficient (Wildman–Crippen LogP) is -3.15. The fourth-order valence-corrected chi connectivity index (χ4v) is 1.24. The Morgan fingerprint density at radius 2 is 1.52 bits per heavy atom.